The molecule has 27 heavy (non-hydrogen) atoms. The van der Waals surface area contributed by atoms with Crippen LogP contribution in [0.2, 0.25) is 0 Å². The van der Waals surface area contributed by atoms with E-state index in [1.54, 1.807) is 6.07 Å². The summed E-state index contributed by atoms with van der Waals surface area (Å²) >= 11 is 0. The van der Waals surface area contributed by atoms with Crippen LogP contribution >= 0.6 is 0 Å². The summed E-state index contributed by atoms with van der Waals surface area (Å²) in [5, 5.41) is 0. The van der Waals surface area contributed by atoms with E-state index in [1.165, 1.54) is 12.5 Å². The van der Waals surface area contributed by atoms with Gasteiger partial charge in [-0.25, -0.2) is 8.78 Å². The quantitative estimate of drug-likeness (QED) is 0.499. The largest absolute Gasteiger partial charge is 0.493 e. The first-order valence-corrected chi connectivity index (χ1v) is 9.95. The summed E-state index contributed by atoms with van der Waals surface area (Å²) in [5.74, 6) is -0.362. The lowest BCUT2D eigenvalue weighted by atomic mass is 9.88. The van der Waals surface area contributed by atoms with Crippen LogP contribution in [0, 0.1) is 17.6 Å². The maximum atomic E-state index is 13.5. The third-order valence-corrected chi connectivity index (χ3v) is 5.22. The van der Waals surface area contributed by atoms with Gasteiger partial charge in [0.25, 0.3) is 0 Å². The molecule has 1 aliphatic rings. The Morgan fingerprint density at radius 3 is 2.44 bits per heavy atom. The lowest BCUT2D eigenvalue weighted by Crippen LogP contribution is -2.25. The van der Waals surface area contributed by atoms with Gasteiger partial charge in [0.05, 0.1) is 12.7 Å². The van der Waals surface area contributed by atoms with Gasteiger partial charge in [0.1, 0.15) is 5.75 Å². The molecule has 0 atom stereocenters. The number of benzene rings is 2. The van der Waals surface area contributed by atoms with Crippen LogP contribution in [0.1, 0.15) is 45.4 Å². The molecule has 0 N–H and O–H groups in total. The summed E-state index contributed by atoms with van der Waals surface area (Å²) in [4.78, 5) is 0. The van der Waals surface area contributed by atoms with Crippen LogP contribution in [0.15, 0.2) is 42.5 Å². The van der Waals surface area contributed by atoms with E-state index >= 15 is 0 Å². The van der Waals surface area contributed by atoms with Gasteiger partial charge in [-0.2, -0.15) is 0 Å². The van der Waals surface area contributed by atoms with Crippen molar-refractivity contribution in [2.45, 2.75) is 51.6 Å². The SMILES string of the molecule is CCCCOC1CCC(COc2cccc(-c3ccc(F)c(F)c3)c2)CC1. The highest BCUT2D eigenvalue weighted by molar-refractivity contribution is 5.65. The second kappa shape index (κ2) is 9.84. The Labute approximate surface area is 160 Å². The Morgan fingerprint density at radius 2 is 1.70 bits per heavy atom. The molecule has 0 radical (unpaired) electrons. The maximum absolute atomic E-state index is 13.5. The third kappa shape index (κ3) is 5.77. The number of hydrogen-bond donors (Lipinski definition) is 0. The first kappa shape index (κ1) is 19.8. The van der Waals surface area contributed by atoms with Gasteiger partial charge in [0.2, 0.25) is 0 Å². The van der Waals surface area contributed by atoms with Crippen molar-refractivity contribution in [3.63, 3.8) is 0 Å². The van der Waals surface area contributed by atoms with Gasteiger partial charge in [0.15, 0.2) is 11.6 Å². The molecule has 0 amide bonds. The van der Waals surface area contributed by atoms with Gasteiger partial charge in [0, 0.05) is 6.61 Å². The average Bonchev–Trinajstić information content (AvgIpc) is 2.70. The highest BCUT2D eigenvalue weighted by atomic mass is 19.2. The summed E-state index contributed by atoms with van der Waals surface area (Å²) < 4.78 is 38.5. The van der Waals surface area contributed by atoms with Crippen molar-refractivity contribution < 1.29 is 18.3 Å². The molecular weight excluding hydrogens is 346 g/mol. The van der Waals surface area contributed by atoms with Crippen molar-refractivity contribution >= 4 is 0 Å². The summed E-state index contributed by atoms with van der Waals surface area (Å²) in [7, 11) is 0. The Morgan fingerprint density at radius 1 is 0.926 bits per heavy atom. The first-order chi connectivity index (χ1) is 13.2. The number of halogens is 2. The second-order valence-electron chi connectivity index (χ2n) is 7.33. The Hall–Kier alpha value is -1.94. The van der Waals surface area contributed by atoms with Gasteiger partial charge in [-0.3, -0.25) is 0 Å². The molecule has 146 valence electrons. The lowest BCUT2D eigenvalue weighted by Gasteiger charge is -2.28. The molecule has 1 fully saturated rings. The van der Waals surface area contributed by atoms with Gasteiger partial charge in [-0.1, -0.05) is 31.5 Å². The number of rotatable bonds is 8. The predicted octanol–water partition coefficient (Wildman–Crippen LogP) is 6.39. The molecule has 2 aromatic carbocycles. The zero-order valence-corrected chi connectivity index (χ0v) is 15.9. The molecule has 3 rings (SSSR count). The molecular formula is C23H28F2O2. The second-order valence-corrected chi connectivity index (χ2v) is 7.33. The fourth-order valence-corrected chi connectivity index (χ4v) is 3.51. The molecule has 0 unspecified atom stereocenters. The van der Waals surface area contributed by atoms with Crippen LogP contribution in [0.25, 0.3) is 11.1 Å². The predicted molar refractivity (Wildman–Crippen MR) is 104 cm³/mol. The minimum absolute atomic E-state index is 0.407. The fourth-order valence-electron chi connectivity index (χ4n) is 3.51. The van der Waals surface area contributed by atoms with Crippen LogP contribution in [-0.4, -0.2) is 19.3 Å². The lowest BCUT2D eigenvalue weighted by molar-refractivity contribution is 0.0116. The van der Waals surface area contributed by atoms with E-state index in [0.717, 1.165) is 56.1 Å². The van der Waals surface area contributed by atoms with Crippen molar-refractivity contribution in [3.8, 4) is 16.9 Å². The molecule has 0 spiro atoms. The summed E-state index contributed by atoms with van der Waals surface area (Å²) in [6.45, 7) is 3.74. The highest BCUT2D eigenvalue weighted by Crippen LogP contribution is 2.29. The summed E-state index contributed by atoms with van der Waals surface area (Å²) in [6, 6.07) is 11.5. The average molecular weight is 374 g/mol. The number of unbranched alkanes of at least 4 members (excludes halogenated alkanes) is 1. The normalized spacial score (nSPS) is 19.8. The molecule has 1 aliphatic carbocycles. The monoisotopic (exact) mass is 374 g/mol. The molecule has 2 aromatic rings. The molecule has 0 saturated heterocycles. The number of hydrogen-bond acceptors (Lipinski definition) is 2. The molecule has 0 bridgehead atoms. The minimum Gasteiger partial charge on any atom is -0.493 e. The fraction of sp³-hybridized carbons (Fsp3) is 0.478. The van der Waals surface area contributed by atoms with Crippen molar-refractivity contribution in [3.05, 3.63) is 54.1 Å². The molecule has 2 nitrogen and oxygen atoms in total. The summed E-state index contributed by atoms with van der Waals surface area (Å²) in [6.07, 6.45) is 7.17. The maximum Gasteiger partial charge on any atom is 0.159 e. The zero-order valence-electron chi connectivity index (χ0n) is 15.9. The van der Waals surface area contributed by atoms with Crippen molar-refractivity contribution in [2.24, 2.45) is 5.92 Å². The number of ether oxygens (including phenoxy) is 2. The van der Waals surface area contributed by atoms with Gasteiger partial charge in [-0.15, -0.1) is 0 Å². The van der Waals surface area contributed by atoms with Crippen LogP contribution in [0.4, 0.5) is 8.78 Å². The van der Waals surface area contributed by atoms with E-state index in [1.807, 2.05) is 24.3 Å². The Balaban J connectivity index is 1.50. The van der Waals surface area contributed by atoms with Crippen LogP contribution < -0.4 is 4.74 Å². The highest BCUT2D eigenvalue weighted by Gasteiger charge is 2.22. The van der Waals surface area contributed by atoms with Crippen molar-refractivity contribution in [2.75, 3.05) is 13.2 Å². The molecule has 4 heteroatoms. The van der Waals surface area contributed by atoms with Gasteiger partial charge >= 0.3 is 0 Å². The van der Waals surface area contributed by atoms with Gasteiger partial charge < -0.3 is 9.47 Å². The van der Waals surface area contributed by atoms with Crippen molar-refractivity contribution in [1.29, 1.82) is 0 Å². The Bertz CT molecular complexity index is 724. The zero-order chi connectivity index (χ0) is 19.1. The molecule has 0 aromatic heterocycles. The van der Waals surface area contributed by atoms with Crippen LogP contribution in [0.5, 0.6) is 5.75 Å². The van der Waals surface area contributed by atoms with E-state index in [9.17, 15) is 8.78 Å². The van der Waals surface area contributed by atoms with Gasteiger partial charge in [-0.05, 0) is 73.4 Å². The third-order valence-electron chi connectivity index (χ3n) is 5.22. The standard InChI is InChI=1S/C23H28F2O2/c1-2-3-13-26-20-10-7-17(8-11-20)16-27-21-6-4-5-18(14-21)19-9-12-22(24)23(25)15-19/h4-6,9,12,14-15,17,20H,2-3,7-8,10-11,13,16H2,1H3. The Kier molecular flexibility index (Phi) is 7.22. The summed E-state index contributed by atoms with van der Waals surface area (Å²) in [5.41, 5.74) is 1.46. The van der Waals surface area contributed by atoms with E-state index in [-0.39, 0.29) is 0 Å². The molecule has 1 saturated carbocycles. The molecule has 0 heterocycles. The molecule has 0 aliphatic heterocycles. The van der Waals surface area contributed by atoms with Crippen LogP contribution in [-0.2, 0) is 4.74 Å². The van der Waals surface area contributed by atoms with E-state index < -0.39 is 11.6 Å². The van der Waals surface area contributed by atoms with Crippen LogP contribution in [0.3, 0.4) is 0 Å². The first-order valence-electron chi connectivity index (χ1n) is 9.95. The van der Waals surface area contributed by atoms with E-state index in [4.69, 9.17) is 9.47 Å². The topological polar surface area (TPSA) is 18.5 Å². The minimum atomic E-state index is -0.836. The van der Waals surface area contributed by atoms with E-state index in [0.29, 0.717) is 24.2 Å². The van der Waals surface area contributed by atoms with Crippen molar-refractivity contribution in [1.82, 2.24) is 0 Å². The smallest absolute Gasteiger partial charge is 0.159 e. The van der Waals surface area contributed by atoms with E-state index in [2.05, 4.69) is 6.92 Å².